The standard InChI is InChI=1S/C25H22ClFN2O3/c26-22-12-19(27)8-7-17(22)15-32-20-9-5-16(6-10-20)13-28-24(25(30)31)11-18-14-29-23-4-2-1-3-21(18)23/h1-10,12,14,24,28-29H,11,13,15H2,(H,30,31)/t24-/m0/s1. The monoisotopic (exact) mass is 452 g/mol. The van der Waals surface area contributed by atoms with Crippen LogP contribution in [-0.2, 0) is 24.4 Å². The highest BCUT2D eigenvalue weighted by atomic mass is 35.5. The number of carboxylic acid groups (broad SMARTS) is 1. The lowest BCUT2D eigenvalue weighted by Crippen LogP contribution is -2.38. The third-order valence-corrected chi connectivity index (χ3v) is 5.63. The molecule has 1 aromatic heterocycles. The topological polar surface area (TPSA) is 74.3 Å². The highest BCUT2D eigenvalue weighted by Crippen LogP contribution is 2.21. The van der Waals surface area contributed by atoms with Crippen molar-refractivity contribution in [1.29, 1.82) is 0 Å². The molecule has 7 heteroatoms. The lowest BCUT2D eigenvalue weighted by Gasteiger charge is -2.15. The Morgan fingerprint density at radius 3 is 2.62 bits per heavy atom. The molecule has 0 aliphatic carbocycles. The average Bonchev–Trinajstić information content (AvgIpc) is 3.19. The van der Waals surface area contributed by atoms with E-state index < -0.39 is 12.0 Å². The summed E-state index contributed by atoms with van der Waals surface area (Å²) in [5.41, 5.74) is 3.58. The van der Waals surface area contributed by atoms with Crippen LogP contribution in [0.25, 0.3) is 10.9 Å². The van der Waals surface area contributed by atoms with Crippen LogP contribution in [0.1, 0.15) is 16.7 Å². The SMILES string of the molecule is O=C(O)[C@H](Cc1c[nH]c2ccccc12)NCc1ccc(OCc2ccc(F)cc2Cl)cc1. The second-order valence-corrected chi connectivity index (χ2v) is 7.91. The molecule has 0 spiro atoms. The van der Waals surface area contributed by atoms with Crippen molar-refractivity contribution in [3.63, 3.8) is 0 Å². The Hall–Kier alpha value is -3.35. The van der Waals surface area contributed by atoms with E-state index in [-0.39, 0.29) is 12.4 Å². The summed E-state index contributed by atoms with van der Waals surface area (Å²) >= 11 is 6.02. The van der Waals surface area contributed by atoms with Crippen molar-refractivity contribution in [2.45, 2.75) is 25.6 Å². The minimum Gasteiger partial charge on any atom is -0.489 e. The van der Waals surface area contributed by atoms with Crippen LogP contribution in [0.15, 0.2) is 72.9 Å². The smallest absolute Gasteiger partial charge is 0.321 e. The zero-order valence-corrected chi connectivity index (χ0v) is 17.9. The van der Waals surface area contributed by atoms with E-state index in [2.05, 4.69) is 10.3 Å². The molecule has 4 rings (SSSR count). The zero-order valence-electron chi connectivity index (χ0n) is 17.1. The molecule has 164 valence electrons. The van der Waals surface area contributed by atoms with Crippen LogP contribution >= 0.6 is 11.6 Å². The summed E-state index contributed by atoms with van der Waals surface area (Å²) in [4.78, 5) is 15.0. The van der Waals surface area contributed by atoms with E-state index in [9.17, 15) is 14.3 Å². The Balaban J connectivity index is 1.34. The van der Waals surface area contributed by atoms with Crippen molar-refractivity contribution >= 4 is 28.5 Å². The molecule has 0 unspecified atom stereocenters. The quantitative estimate of drug-likeness (QED) is 0.321. The Morgan fingerprint density at radius 1 is 1.09 bits per heavy atom. The second kappa shape index (κ2) is 9.85. The minimum absolute atomic E-state index is 0.225. The summed E-state index contributed by atoms with van der Waals surface area (Å²) in [7, 11) is 0. The van der Waals surface area contributed by atoms with Crippen LogP contribution in [0.3, 0.4) is 0 Å². The number of rotatable bonds is 9. The lowest BCUT2D eigenvalue weighted by atomic mass is 10.0. The van der Waals surface area contributed by atoms with Crippen LogP contribution in [-0.4, -0.2) is 22.1 Å². The predicted molar refractivity (Wildman–Crippen MR) is 122 cm³/mol. The van der Waals surface area contributed by atoms with Crippen molar-refractivity contribution in [2.24, 2.45) is 0 Å². The predicted octanol–water partition coefficient (Wildman–Crippen LogP) is 5.32. The van der Waals surface area contributed by atoms with Crippen molar-refractivity contribution in [3.8, 4) is 5.75 Å². The van der Waals surface area contributed by atoms with E-state index in [0.29, 0.717) is 29.3 Å². The third kappa shape index (κ3) is 5.28. The molecule has 1 atom stereocenters. The van der Waals surface area contributed by atoms with E-state index in [1.54, 1.807) is 6.07 Å². The van der Waals surface area contributed by atoms with Crippen molar-refractivity contribution in [3.05, 3.63) is 100 Å². The number of hydrogen-bond acceptors (Lipinski definition) is 3. The van der Waals surface area contributed by atoms with Gasteiger partial charge in [0.2, 0.25) is 0 Å². The first-order chi connectivity index (χ1) is 15.5. The molecule has 0 saturated carbocycles. The van der Waals surface area contributed by atoms with Gasteiger partial charge in [-0.15, -0.1) is 0 Å². The zero-order chi connectivity index (χ0) is 22.5. The number of halogens is 2. The number of aromatic amines is 1. The molecule has 0 aliphatic rings. The van der Waals surface area contributed by atoms with Crippen molar-refractivity contribution < 1.29 is 19.0 Å². The number of nitrogens with one attached hydrogen (secondary N) is 2. The van der Waals surface area contributed by atoms with Gasteiger partial charge in [0.15, 0.2) is 0 Å². The first kappa shape index (κ1) is 21.9. The summed E-state index contributed by atoms with van der Waals surface area (Å²) in [6.45, 7) is 0.631. The number of benzene rings is 3. The van der Waals surface area contributed by atoms with Crippen LogP contribution in [0, 0.1) is 5.82 Å². The molecule has 0 saturated heterocycles. The van der Waals surface area contributed by atoms with E-state index >= 15 is 0 Å². The Kier molecular flexibility index (Phi) is 6.73. The van der Waals surface area contributed by atoms with Gasteiger partial charge in [0.25, 0.3) is 0 Å². The van der Waals surface area contributed by atoms with Crippen LogP contribution in [0.2, 0.25) is 5.02 Å². The van der Waals surface area contributed by atoms with Gasteiger partial charge in [0.1, 0.15) is 24.2 Å². The summed E-state index contributed by atoms with van der Waals surface area (Å²) in [5, 5.41) is 14.1. The van der Waals surface area contributed by atoms with E-state index in [4.69, 9.17) is 16.3 Å². The van der Waals surface area contributed by atoms with Gasteiger partial charge < -0.3 is 20.1 Å². The normalized spacial score (nSPS) is 12.1. The number of carbonyl (C=O) groups is 1. The van der Waals surface area contributed by atoms with Gasteiger partial charge in [-0.25, -0.2) is 4.39 Å². The van der Waals surface area contributed by atoms with Gasteiger partial charge in [-0.05, 0) is 41.5 Å². The van der Waals surface area contributed by atoms with Gasteiger partial charge in [-0.1, -0.05) is 48.0 Å². The number of fused-ring (bicyclic) bond motifs is 1. The van der Waals surface area contributed by atoms with Gasteiger partial charge in [-0.3, -0.25) is 4.79 Å². The first-order valence-corrected chi connectivity index (χ1v) is 10.5. The summed E-state index contributed by atoms with van der Waals surface area (Å²) in [6.07, 6.45) is 2.24. The number of ether oxygens (including phenoxy) is 1. The Morgan fingerprint density at radius 2 is 1.88 bits per heavy atom. The van der Waals surface area contributed by atoms with Gasteiger partial charge >= 0.3 is 5.97 Å². The maximum absolute atomic E-state index is 13.1. The van der Waals surface area contributed by atoms with Crippen molar-refractivity contribution in [2.75, 3.05) is 0 Å². The van der Waals surface area contributed by atoms with E-state index in [0.717, 1.165) is 22.0 Å². The fraction of sp³-hybridized carbons (Fsp3) is 0.160. The van der Waals surface area contributed by atoms with Crippen LogP contribution in [0.4, 0.5) is 4.39 Å². The minimum atomic E-state index is -0.897. The Labute approximate surface area is 189 Å². The van der Waals surface area contributed by atoms with Gasteiger partial charge in [0.05, 0.1) is 5.02 Å². The molecule has 32 heavy (non-hydrogen) atoms. The molecule has 0 amide bonds. The number of hydrogen-bond donors (Lipinski definition) is 3. The third-order valence-electron chi connectivity index (χ3n) is 5.28. The molecule has 4 aromatic rings. The van der Waals surface area contributed by atoms with Crippen LogP contribution < -0.4 is 10.1 Å². The summed E-state index contributed by atoms with van der Waals surface area (Å²) in [6, 6.07) is 18.7. The average molecular weight is 453 g/mol. The van der Waals surface area contributed by atoms with Crippen molar-refractivity contribution in [1.82, 2.24) is 10.3 Å². The molecular formula is C25H22ClFN2O3. The number of H-pyrrole nitrogens is 1. The van der Waals surface area contributed by atoms with Gasteiger partial charge in [0, 0.05) is 35.6 Å². The largest absolute Gasteiger partial charge is 0.489 e. The molecule has 0 aliphatic heterocycles. The Bertz CT molecular complexity index is 1220. The maximum Gasteiger partial charge on any atom is 0.321 e. The molecule has 3 N–H and O–H groups in total. The molecule has 5 nitrogen and oxygen atoms in total. The maximum atomic E-state index is 13.1. The lowest BCUT2D eigenvalue weighted by molar-refractivity contribution is -0.139. The summed E-state index contributed by atoms with van der Waals surface area (Å²) < 4.78 is 18.9. The second-order valence-electron chi connectivity index (χ2n) is 7.50. The van der Waals surface area contributed by atoms with E-state index in [1.807, 2.05) is 54.7 Å². The summed E-state index contributed by atoms with van der Waals surface area (Å²) in [5.74, 6) is -0.644. The molecule has 1 heterocycles. The molecule has 0 fully saturated rings. The van der Waals surface area contributed by atoms with Crippen LogP contribution in [0.5, 0.6) is 5.75 Å². The fourth-order valence-corrected chi connectivity index (χ4v) is 3.73. The number of aromatic nitrogens is 1. The fourth-order valence-electron chi connectivity index (χ4n) is 3.51. The number of aliphatic carboxylic acids is 1. The first-order valence-electron chi connectivity index (χ1n) is 10.2. The highest BCUT2D eigenvalue weighted by Gasteiger charge is 2.19. The molecular weight excluding hydrogens is 431 g/mol. The number of carboxylic acids is 1. The molecule has 0 bridgehead atoms. The highest BCUT2D eigenvalue weighted by molar-refractivity contribution is 6.31. The van der Waals surface area contributed by atoms with Gasteiger partial charge in [-0.2, -0.15) is 0 Å². The molecule has 0 radical (unpaired) electrons. The van der Waals surface area contributed by atoms with E-state index in [1.165, 1.54) is 12.1 Å². The number of para-hydroxylation sites is 1. The molecule has 3 aromatic carbocycles.